The standard InChI is InChI=1S/C10H22N2O2/c1-4-6-12(7-8-13)9-10(14)11(3)5-2/h13H,4-9H2,1-3H3. The van der Waals surface area contributed by atoms with Crippen LogP contribution in [0.25, 0.3) is 0 Å². The average Bonchev–Trinajstić information content (AvgIpc) is 2.17. The fraction of sp³-hybridized carbons (Fsp3) is 0.900. The molecule has 0 radical (unpaired) electrons. The number of rotatable bonds is 7. The van der Waals surface area contributed by atoms with Gasteiger partial charge < -0.3 is 10.0 Å². The molecule has 0 saturated heterocycles. The molecule has 0 heterocycles. The normalized spacial score (nSPS) is 10.6. The summed E-state index contributed by atoms with van der Waals surface area (Å²) in [6, 6.07) is 0. The van der Waals surface area contributed by atoms with E-state index in [0.717, 1.165) is 19.5 Å². The first-order valence-electron chi connectivity index (χ1n) is 5.22. The maximum Gasteiger partial charge on any atom is 0.236 e. The third-order valence-electron chi connectivity index (χ3n) is 2.22. The lowest BCUT2D eigenvalue weighted by atomic mass is 10.3. The molecule has 0 aliphatic heterocycles. The molecule has 0 fully saturated rings. The SMILES string of the molecule is CCCN(CCO)CC(=O)N(C)CC. The van der Waals surface area contributed by atoms with Crippen LogP contribution in [0.4, 0.5) is 0 Å². The van der Waals surface area contributed by atoms with Crippen molar-refractivity contribution >= 4 is 5.91 Å². The van der Waals surface area contributed by atoms with Crippen molar-refractivity contribution in [2.45, 2.75) is 20.3 Å². The molecule has 0 bridgehead atoms. The number of hydrogen-bond acceptors (Lipinski definition) is 3. The fourth-order valence-electron chi connectivity index (χ4n) is 1.22. The third kappa shape index (κ3) is 5.19. The van der Waals surface area contributed by atoms with E-state index in [2.05, 4.69) is 6.92 Å². The van der Waals surface area contributed by atoms with Gasteiger partial charge >= 0.3 is 0 Å². The molecule has 0 unspecified atom stereocenters. The highest BCUT2D eigenvalue weighted by molar-refractivity contribution is 5.77. The van der Waals surface area contributed by atoms with Gasteiger partial charge in [-0.25, -0.2) is 0 Å². The van der Waals surface area contributed by atoms with Gasteiger partial charge in [0.05, 0.1) is 13.2 Å². The van der Waals surface area contributed by atoms with Crippen LogP contribution in [0, 0.1) is 0 Å². The van der Waals surface area contributed by atoms with Crippen LogP contribution in [0.15, 0.2) is 0 Å². The minimum absolute atomic E-state index is 0.114. The number of carbonyl (C=O) groups is 1. The second-order valence-corrected chi connectivity index (χ2v) is 3.41. The summed E-state index contributed by atoms with van der Waals surface area (Å²) in [5.41, 5.74) is 0. The third-order valence-corrected chi connectivity index (χ3v) is 2.22. The Morgan fingerprint density at radius 3 is 2.36 bits per heavy atom. The quantitative estimate of drug-likeness (QED) is 0.640. The van der Waals surface area contributed by atoms with Crippen molar-refractivity contribution < 1.29 is 9.90 Å². The molecule has 84 valence electrons. The topological polar surface area (TPSA) is 43.8 Å². The minimum atomic E-state index is 0.114. The van der Waals surface area contributed by atoms with Gasteiger partial charge in [0, 0.05) is 20.1 Å². The number of amides is 1. The van der Waals surface area contributed by atoms with E-state index in [1.54, 1.807) is 11.9 Å². The lowest BCUT2D eigenvalue weighted by molar-refractivity contribution is -0.131. The number of hydrogen-bond donors (Lipinski definition) is 1. The molecule has 0 spiro atoms. The Morgan fingerprint density at radius 1 is 1.29 bits per heavy atom. The van der Waals surface area contributed by atoms with Crippen LogP contribution in [-0.4, -0.2) is 60.6 Å². The van der Waals surface area contributed by atoms with E-state index in [1.165, 1.54) is 0 Å². The number of likely N-dealkylation sites (N-methyl/N-ethyl adjacent to an activating group) is 1. The molecular formula is C10H22N2O2. The molecule has 0 rings (SSSR count). The predicted octanol–water partition coefficient (Wildman–Crippen LogP) is 0.169. The van der Waals surface area contributed by atoms with E-state index >= 15 is 0 Å². The Bertz CT molecular complexity index is 156. The van der Waals surface area contributed by atoms with Crippen molar-refractivity contribution in [2.75, 3.05) is 39.8 Å². The average molecular weight is 202 g/mol. The minimum Gasteiger partial charge on any atom is -0.395 e. The number of carbonyl (C=O) groups excluding carboxylic acids is 1. The van der Waals surface area contributed by atoms with Crippen LogP contribution in [0.2, 0.25) is 0 Å². The number of aliphatic hydroxyl groups excluding tert-OH is 1. The smallest absolute Gasteiger partial charge is 0.236 e. The first-order chi connectivity index (χ1) is 6.65. The fourth-order valence-corrected chi connectivity index (χ4v) is 1.22. The molecule has 0 atom stereocenters. The Hall–Kier alpha value is -0.610. The van der Waals surface area contributed by atoms with Gasteiger partial charge in [0.15, 0.2) is 0 Å². The van der Waals surface area contributed by atoms with Gasteiger partial charge in [0.25, 0.3) is 0 Å². The Balaban J connectivity index is 3.94. The van der Waals surface area contributed by atoms with Crippen molar-refractivity contribution in [1.29, 1.82) is 0 Å². The molecule has 0 aliphatic rings. The van der Waals surface area contributed by atoms with Gasteiger partial charge in [-0.3, -0.25) is 9.69 Å². The zero-order valence-electron chi connectivity index (χ0n) is 9.49. The zero-order valence-corrected chi connectivity index (χ0v) is 9.49. The largest absolute Gasteiger partial charge is 0.395 e. The molecule has 1 N–H and O–H groups in total. The highest BCUT2D eigenvalue weighted by Gasteiger charge is 2.11. The van der Waals surface area contributed by atoms with Crippen molar-refractivity contribution in [2.24, 2.45) is 0 Å². The Labute approximate surface area is 86.5 Å². The van der Waals surface area contributed by atoms with Gasteiger partial charge in [-0.1, -0.05) is 6.92 Å². The van der Waals surface area contributed by atoms with E-state index in [1.807, 2.05) is 11.8 Å². The van der Waals surface area contributed by atoms with Crippen LogP contribution < -0.4 is 0 Å². The molecule has 0 saturated carbocycles. The van der Waals surface area contributed by atoms with E-state index in [-0.39, 0.29) is 12.5 Å². The van der Waals surface area contributed by atoms with Crippen LogP contribution in [-0.2, 0) is 4.79 Å². The molecule has 4 heteroatoms. The zero-order chi connectivity index (χ0) is 11.0. The van der Waals surface area contributed by atoms with E-state index in [0.29, 0.717) is 13.1 Å². The van der Waals surface area contributed by atoms with Gasteiger partial charge in [0.2, 0.25) is 5.91 Å². The lowest BCUT2D eigenvalue weighted by Gasteiger charge is -2.23. The number of aliphatic hydroxyl groups is 1. The summed E-state index contributed by atoms with van der Waals surface area (Å²) in [6.07, 6.45) is 1.00. The molecule has 14 heavy (non-hydrogen) atoms. The summed E-state index contributed by atoms with van der Waals surface area (Å²) in [5, 5.41) is 8.81. The van der Waals surface area contributed by atoms with Crippen LogP contribution in [0.1, 0.15) is 20.3 Å². The summed E-state index contributed by atoms with van der Waals surface area (Å²) in [4.78, 5) is 15.2. The van der Waals surface area contributed by atoms with E-state index in [9.17, 15) is 4.79 Å². The van der Waals surface area contributed by atoms with Crippen molar-refractivity contribution in [3.8, 4) is 0 Å². The number of nitrogens with zero attached hydrogens (tertiary/aromatic N) is 2. The Morgan fingerprint density at radius 2 is 1.93 bits per heavy atom. The maximum absolute atomic E-state index is 11.5. The highest BCUT2D eigenvalue weighted by Crippen LogP contribution is 1.93. The van der Waals surface area contributed by atoms with Gasteiger partial charge in [-0.2, -0.15) is 0 Å². The lowest BCUT2D eigenvalue weighted by Crippen LogP contribution is -2.39. The summed E-state index contributed by atoms with van der Waals surface area (Å²) in [6.45, 7) is 6.73. The molecule has 0 aromatic rings. The van der Waals surface area contributed by atoms with Crippen LogP contribution in [0.3, 0.4) is 0 Å². The first-order valence-corrected chi connectivity index (χ1v) is 5.22. The van der Waals surface area contributed by atoms with Gasteiger partial charge in [-0.15, -0.1) is 0 Å². The Kier molecular flexibility index (Phi) is 7.42. The molecule has 0 aliphatic carbocycles. The van der Waals surface area contributed by atoms with Crippen LogP contribution >= 0.6 is 0 Å². The molecule has 4 nitrogen and oxygen atoms in total. The first kappa shape index (κ1) is 13.4. The molecular weight excluding hydrogens is 180 g/mol. The monoisotopic (exact) mass is 202 g/mol. The van der Waals surface area contributed by atoms with Crippen LogP contribution in [0.5, 0.6) is 0 Å². The maximum atomic E-state index is 11.5. The second-order valence-electron chi connectivity index (χ2n) is 3.41. The summed E-state index contributed by atoms with van der Waals surface area (Å²) in [5.74, 6) is 0.120. The van der Waals surface area contributed by atoms with Crippen molar-refractivity contribution in [3.63, 3.8) is 0 Å². The molecule has 1 amide bonds. The van der Waals surface area contributed by atoms with Crippen molar-refractivity contribution in [1.82, 2.24) is 9.80 Å². The molecule has 0 aromatic carbocycles. The van der Waals surface area contributed by atoms with Gasteiger partial charge in [-0.05, 0) is 19.9 Å². The molecule has 0 aromatic heterocycles. The van der Waals surface area contributed by atoms with Gasteiger partial charge in [0.1, 0.15) is 0 Å². The van der Waals surface area contributed by atoms with E-state index < -0.39 is 0 Å². The van der Waals surface area contributed by atoms with Crippen molar-refractivity contribution in [3.05, 3.63) is 0 Å². The summed E-state index contributed by atoms with van der Waals surface area (Å²) >= 11 is 0. The summed E-state index contributed by atoms with van der Waals surface area (Å²) < 4.78 is 0. The predicted molar refractivity (Wildman–Crippen MR) is 57.1 cm³/mol. The second kappa shape index (κ2) is 7.76. The highest BCUT2D eigenvalue weighted by atomic mass is 16.3. The van der Waals surface area contributed by atoms with E-state index in [4.69, 9.17) is 5.11 Å². The summed E-state index contributed by atoms with van der Waals surface area (Å²) in [7, 11) is 1.80.